The Bertz CT molecular complexity index is 587. The average Bonchev–Trinajstić information content (AvgIpc) is 2.49. The fourth-order valence-corrected chi connectivity index (χ4v) is 2.18. The molecule has 2 aromatic carbocycles. The smallest absolute Gasteiger partial charge is 0.169 e. The van der Waals surface area contributed by atoms with Crippen LogP contribution in [-0.2, 0) is 6.42 Å². The molecule has 4 heteroatoms. The predicted octanol–water partition coefficient (Wildman–Crippen LogP) is 4.42. The molecule has 0 saturated heterocycles. The van der Waals surface area contributed by atoms with Crippen molar-refractivity contribution in [1.82, 2.24) is 0 Å². The third-order valence-corrected chi connectivity index (χ3v) is 3.20. The lowest BCUT2D eigenvalue weighted by Crippen LogP contribution is -2.04. The lowest BCUT2D eigenvalue weighted by atomic mass is 10.1. The molecule has 0 aliphatic rings. The lowest BCUT2D eigenvalue weighted by molar-refractivity contribution is 0.302. The van der Waals surface area contributed by atoms with Crippen LogP contribution >= 0.6 is 11.6 Å². The van der Waals surface area contributed by atoms with Crippen molar-refractivity contribution in [3.63, 3.8) is 0 Å². The molecule has 0 atom stereocenters. The van der Waals surface area contributed by atoms with Crippen molar-refractivity contribution in [2.24, 2.45) is 5.73 Å². The Morgan fingerprint density at radius 3 is 2.52 bits per heavy atom. The van der Waals surface area contributed by atoms with Crippen LogP contribution in [-0.4, -0.2) is 13.2 Å². The highest BCUT2D eigenvalue weighted by Crippen LogP contribution is 2.34. The van der Waals surface area contributed by atoms with Crippen LogP contribution in [0.1, 0.15) is 18.9 Å². The second-order valence-electron chi connectivity index (χ2n) is 4.69. The van der Waals surface area contributed by atoms with E-state index in [1.165, 1.54) is 0 Å². The summed E-state index contributed by atoms with van der Waals surface area (Å²) in [6.45, 7) is 3.28. The maximum absolute atomic E-state index is 6.03. The zero-order chi connectivity index (χ0) is 15.1. The molecule has 2 N–H and O–H groups in total. The maximum Gasteiger partial charge on any atom is 0.169 e. The van der Waals surface area contributed by atoms with Crippen LogP contribution in [0.2, 0.25) is 5.02 Å². The van der Waals surface area contributed by atoms with Gasteiger partial charge >= 0.3 is 0 Å². The van der Waals surface area contributed by atoms with Gasteiger partial charge < -0.3 is 15.2 Å². The van der Waals surface area contributed by atoms with Gasteiger partial charge in [-0.05, 0) is 55.3 Å². The molecule has 0 fully saturated rings. The largest absolute Gasteiger partial charge is 0.490 e. The van der Waals surface area contributed by atoms with Crippen LogP contribution < -0.4 is 15.2 Å². The van der Waals surface area contributed by atoms with Crippen LogP contribution in [0.25, 0.3) is 0 Å². The summed E-state index contributed by atoms with van der Waals surface area (Å²) < 4.78 is 11.7. The highest BCUT2D eigenvalue weighted by Gasteiger charge is 2.09. The number of ether oxygens (including phenoxy) is 2. The Kier molecular flexibility index (Phi) is 5.90. The molecule has 0 spiro atoms. The van der Waals surface area contributed by atoms with Crippen LogP contribution in [0.3, 0.4) is 0 Å². The second-order valence-corrected chi connectivity index (χ2v) is 5.12. The molecular weight excluding hydrogens is 286 g/mol. The van der Waals surface area contributed by atoms with Gasteiger partial charge in [-0.3, -0.25) is 0 Å². The van der Waals surface area contributed by atoms with Crippen molar-refractivity contribution in [2.45, 2.75) is 19.8 Å². The number of hydrogen-bond acceptors (Lipinski definition) is 3. The van der Waals surface area contributed by atoms with Crippen LogP contribution in [0.15, 0.2) is 42.5 Å². The van der Waals surface area contributed by atoms with Crippen molar-refractivity contribution in [3.8, 4) is 17.2 Å². The van der Waals surface area contributed by atoms with E-state index in [2.05, 4.69) is 6.92 Å². The van der Waals surface area contributed by atoms with Gasteiger partial charge in [0.25, 0.3) is 0 Å². The minimum atomic E-state index is 0.546. The molecule has 0 aliphatic heterocycles. The van der Waals surface area contributed by atoms with Crippen molar-refractivity contribution in [3.05, 3.63) is 53.1 Å². The number of benzene rings is 2. The van der Waals surface area contributed by atoms with E-state index >= 15 is 0 Å². The number of para-hydroxylation sites is 2. The van der Waals surface area contributed by atoms with E-state index in [1.807, 2.05) is 42.5 Å². The number of halogens is 1. The molecule has 2 aromatic rings. The van der Waals surface area contributed by atoms with Gasteiger partial charge in [0.05, 0.1) is 6.61 Å². The quantitative estimate of drug-likeness (QED) is 0.823. The van der Waals surface area contributed by atoms with Gasteiger partial charge in [0.2, 0.25) is 0 Å². The monoisotopic (exact) mass is 305 g/mol. The summed E-state index contributed by atoms with van der Waals surface area (Å²) >= 11 is 6.03. The molecule has 0 heterocycles. The molecule has 0 saturated carbocycles. The maximum atomic E-state index is 6.03. The Balaban J connectivity index is 2.25. The van der Waals surface area contributed by atoms with Gasteiger partial charge in [-0.1, -0.05) is 30.7 Å². The Morgan fingerprint density at radius 1 is 1.05 bits per heavy atom. The van der Waals surface area contributed by atoms with Gasteiger partial charge in [-0.15, -0.1) is 0 Å². The summed E-state index contributed by atoms with van der Waals surface area (Å²) in [5, 5.41) is 0.682. The minimum Gasteiger partial charge on any atom is -0.490 e. The van der Waals surface area contributed by atoms with E-state index in [1.54, 1.807) is 0 Å². The van der Waals surface area contributed by atoms with E-state index in [9.17, 15) is 0 Å². The summed E-state index contributed by atoms with van der Waals surface area (Å²) in [5.74, 6) is 2.21. The molecule has 0 amide bonds. The second kappa shape index (κ2) is 7.91. The number of hydrogen-bond donors (Lipinski definition) is 1. The SMILES string of the molecule is CCCOc1ccccc1Oc1ccc(Cl)cc1CCN. The predicted molar refractivity (Wildman–Crippen MR) is 86.5 cm³/mol. The first-order valence-electron chi connectivity index (χ1n) is 7.12. The summed E-state index contributed by atoms with van der Waals surface area (Å²) in [7, 11) is 0. The van der Waals surface area contributed by atoms with Crippen LogP contribution in [0.4, 0.5) is 0 Å². The Labute approximate surface area is 130 Å². The van der Waals surface area contributed by atoms with Crippen molar-refractivity contribution in [2.75, 3.05) is 13.2 Å². The van der Waals surface area contributed by atoms with Crippen molar-refractivity contribution >= 4 is 11.6 Å². The summed E-state index contributed by atoms with van der Waals surface area (Å²) in [6.07, 6.45) is 1.67. The number of rotatable bonds is 7. The molecule has 21 heavy (non-hydrogen) atoms. The van der Waals surface area contributed by atoms with Gasteiger partial charge in [-0.25, -0.2) is 0 Å². The highest BCUT2D eigenvalue weighted by atomic mass is 35.5. The molecular formula is C17H20ClNO2. The molecule has 0 bridgehead atoms. The van der Waals surface area contributed by atoms with Crippen LogP contribution in [0.5, 0.6) is 17.2 Å². The van der Waals surface area contributed by atoms with Crippen LogP contribution in [0, 0.1) is 0 Å². The van der Waals surface area contributed by atoms with E-state index < -0.39 is 0 Å². The zero-order valence-corrected chi connectivity index (χ0v) is 12.9. The van der Waals surface area contributed by atoms with E-state index in [0.29, 0.717) is 30.3 Å². The Hall–Kier alpha value is -1.71. The van der Waals surface area contributed by atoms with Gasteiger partial charge in [0.1, 0.15) is 5.75 Å². The topological polar surface area (TPSA) is 44.5 Å². The van der Waals surface area contributed by atoms with E-state index in [0.717, 1.165) is 23.5 Å². The van der Waals surface area contributed by atoms with Crippen molar-refractivity contribution in [1.29, 1.82) is 0 Å². The third kappa shape index (κ3) is 4.38. The molecule has 0 aliphatic carbocycles. The molecule has 3 nitrogen and oxygen atoms in total. The first-order valence-corrected chi connectivity index (χ1v) is 7.50. The highest BCUT2D eigenvalue weighted by molar-refractivity contribution is 6.30. The normalized spacial score (nSPS) is 10.4. The zero-order valence-electron chi connectivity index (χ0n) is 12.1. The lowest BCUT2D eigenvalue weighted by Gasteiger charge is -2.14. The fraction of sp³-hybridized carbons (Fsp3) is 0.294. The minimum absolute atomic E-state index is 0.546. The molecule has 0 unspecified atom stereocenters. The molecule has 2 rings (SSSR count). The number of nitrogens with two attached hydrogens (primary N) is 1. The summed E-state index contributed by atoms with van der Waals surface area (Å²) in [4.78, 5) is 0. The first kappa shape index (κ1) is 15.7. The molecule has 112 valence electrons. The Morgan fingerprint density at radius 2 is 1.81 bits per heavy atom. The standard InChI is InChI=1S/C17H20ClNO2/c1-2-11-20-16-5-3-4-6-17(16)21-15-8-7-14(18)12-13(15)9-10-19/h3-8,12H,2,9-11,19H2,1H3. The van der Waals surface area contributed by atoms with Gasteiger partial charge in [0, 0.05) is 5.02 Å². The molecule has 0 aromatic heterocycles. The van der Waals surface area contributed by atoms with Gasteiger partial charge in [-0.2, -0.15) is 0 Å². The first-order chi connectivity index (χ1) is 10.2. The summed E-state index contributed by atoms with van der Waals surface area (Å²) in [5.41, 5.74) is 6.64. The fourth-order valence-electron chi connectivity index (χ4n) is 1.98. The van der Waals surface area contributed by atoms with Crippen molar-refractivity contribution < 1.29 is 9.47 Å². The van der Waals surface area contributed by atoms with E-state index in [-0.39, 0.29) is 0 Å². The molecule has 0 radical (unpaired) electrons. The van der Waals surface area contributed by atoms with E-state index in [4.69, 9.17) is 26.8 Å². The third-order valence-electron chi connectivity index (χ3n) is 2.97. The average molecular weight is 306 g/mol. The summed E-state index contributed by atoms with van der Waals surface area (Å²) in [6, 6.07) is 13.2. The van der Waals surface area contributed by atoms with Gasteiger partial charge in [0.15, 0.2) is 11.5 Å².